The molecule has 0 spiro atoms. The molecule has 0 bridgehead atoms. The Morgan fingerprint density at radius 3 is 2.55 bits per heavy atom. The number of hydrogen-bond acceptors (Lipinski definition) is 5. The van der Waals surface area contributed by atoms with Crippen LogP contribution in [0.25, 0.3) is 0 Å². The van der Waals surface area contributed by atoms with Crippen LogP contribution in [-0.4, -0.2) is 23.7 Å². The quantitative estimate of drug-likeness (QED) is 0.395. The maximum absolute atomic E-state index is 13.3. The molecule has 0 saturated carbocycles. The molecule has 1 fully saturated rings. The van der Waals surface area contributed by atoms with E-state index in [1.807, 2.05) is 43.3 Å². The average molecular weight is 427 g/mol. The SMILES string of the molecule is CCOC(=O)C(C#N)=C1SC(Cc2ccccc2Cl)C(=O)N1c1ccc(C)cc1. The van der Waals surface area contributed by atoms with Crippen LogP contribution >= 0.6 is 23.4 Å². The van der Waals surface area contributed by atoms with Crippen molar-refractivity contribution in [2.75, 3.05) is 11.5 Å². The van der Waals surface area contributed by atoms with Gasteiger partial charge in [0.15, 0.2) is 5.57 Å². The number of anilines is 1. The molecule has 1 aliphatic heterocycles. The number of thioether (sulfide) groups is 1. The van der Waals surface area contributed by atoms with Crippen LogP contribution in [-0.2, 0) is 20.7 Å². The zero-order valence-corrected chi connectivity index (χ0v) is 17.6. The number of hydrogen-bond donors (Lipinski definition) is 0. The lowest BCUT2D eigenvalue weighted by atomic mass is 10.1. The second-order valence-electron chi connectivity index (χ2n) is 6.42. The second kappa shape index (κ2) is 9.17. The molecule has 7 heteroatoms. The summed E-state index contributed by atoms with van der Waals surface area (Å²) in [6.07, 6.45) is 0.385. The maximum Gasteiger partial charge on any atom is 0.351 e. The van der Waals surface area contributed by atoms with Crippen LogP contribution in [0.15, 0.2) is 59.1 Å². The summed E-state index contributed by atoms with van der Waals surface area (Å²) in [5.41, 5.74) is 2.30. The second-order valence-corrected chi connectivity index (χ2v) is 8.02. The Bertz CT molecular complexity index is 1010. The van der Waals surface area contributed by atoms with Crippen molar-refractivity contribution in [3.05, 3.63) is 75.3 Å². The van der Waals surface area contributed by atoms with Crippen molar-refractivity contribution in [2.45, 2.75) is 25.5 Å². The Morgan fingerprint density at radius 2 is 1.93 bits per heavy atom. The van der Waals surface area contributed by atoms with Gasteiger partial charge in [-0.1, -0.05) is 59.3 Å². The Balaban J connectivity index is 2.05. The molecular weight excluding hydrogens is 408 g/mol. The molecule has 5 nitrogen and oxygen atoms in total. The van der Waals surface area contributed by atoms with Gasteiger partial charge in [-0.25, -0.2) is 4.79 Å². The van der Waals surface area contributed by atoms with E-state index in [1.54, 1.807) is 25.1 Å². The fourth-order valence-corrected chi connectivity index (χ4v) is 4.47. The minimum absolute atomic E-state index is 0.142. The van der Waals surface area contributed by atoms with Gasteiger partial charge in [-0.05, 0) is 44.0 Å². The Morgan fingerprint density at radius 1 is 1.24 bits per heavy atom. The number of esters is 1. The highest BCUT2D eigenvalue weighted by Crippen LogP contribution is 2.42. The van der Waals surface area contributed by atoms with E-state index in [0.29, 0.717) is 17.1 Å². The average Bonchev–Trinajstić information content (AvgIpc) is 3.01. The highest BCUT2D eigenvalue weighted by Gasteiger charge is 2.41. The maximum atomic E-state index is 13.3. The summed E-state index contributed by atoms with van der Waals surface area (Å²) in [5, 5.41) is 9.97. The standard InChI is InChI=1S/C22H19ClN2O3S/c1-3-28-22(27)17(13-24)21-25(16-10-8-14(2)9-11-16)20(26)19(29-21)12-15-6-4-5-7-18(15)23/h4-11,19H,3,12H2,1-2H3. The highest BCUT2D eigenvalue weighted by atomic mass is 35.5. The minimum Gasteiger partial charge on any atom is -0.462 e. The predicted molar refractivity (Wildman–Crippen MR) is 114 cm³/mol. The van der Waals surface area contributed by atoms with Crippen molar-refractivity contribution in [3.8, 4) is 6.07 Å². The van der Waals surface area contributed by atoms with Crippen LogP contribution in [0.5, 0.6) is 0 Å². The van der Waals surface area contributed by atoms with Crippen LogP contribution in [0.1, 0.15) is 18.1 Å². The summed E-state index contributed by atoms with van der Waals surface area (Å²) in [7, 11) is 0. The highest BCUT2D eigenvalue weighted by molar-refractivity contribution is 8.05. The first kappa shape index (κ1) is 21.0. The summed E-state index contributed by atoms with van der Waals surface area (Å²) < 4.78 is 5.03. The van der Waals surface area contributed by atoms with Crippen molar-refractivity contribution in [1.82, 2.24) is 0 Å². The summed E-state index contributed by atoms with van der Waals surface area (Å²) in [4.78, 5) is 27.1. The smallest absolute Gasteiger partial charge is 0.351 e. The number of nitrogens with zero attached hydrogens (tertiary/aromatic N) is 2. The zero-order chi connectivity index (χ0) is 21.0. The van der Waals surface area contributed by atoms with Crippen molar-refractivity contribution in [2.24, 2.45) is 0 Å². The van der Waals surface area contributed by atoms with Crippen molar-refractivity contribution >= 4 is 40.9 Å². The van der Waals surface area contributed by atoms with Crippen LogP contribution in [0.3, 0.4) is 0 Å². The lowest BCUT2D eigenvalue weighted by Gasteiger charge is -2.18. The molecule has 1 unspecified atom stereocenters. The number of carbonyl (C=O) groups is 2. The van der Waals surface area contributed by atoms with Gasteiger partial charge in [-0.15, -0.1) is 0 Å². The van der Waals surface area contributed by atoms with Gasteiger partial charge in [0.2, 0.25) is 5.91 Å². The first-order valence-corrected chi connectivity index (χ1v) is 10.3. The molecule has 29 heavy (non-hydrogen) atoms. The Kier molecular flexibility index (Phi) is 6.63. The molecule has 1 amide bonds. The van der Waals surface area contributed by atoms with Gasteiger partial charge in [0.1, 0.15) is 11.1 Å². The molecule has 0 N–H and O–H groups in total. The number of carbonyl (C=O) groups excluding carboxylic acids is 2. The molecule has 1 heterocycles. The lowest BCUT2D eigenvalue weighted by molar-refractivity contribution is -0.138. The monoisotopic (exact) mass is 426 g/mol. The van der Waals surface area contributed by atoms with Crippen molar-refractivity contribution in [1.29, 1.82) is 5.26 Å². The van der Waals surface area contributed by atoms with E-state index in [0.717, 1.165) is 11.1 Å². The topological polar surface area (TPSA) is 70.4 Å². The van der Waals surface area contributed by atoms with Gasteiger partial charge >= 0.3 is 5.97 Å². The van der Waals surface area contributed by atoms with Gasteiger partial charge in [0.25, 0.3) is 0 Å². The summed E-state index contributed by atoms with van der Waals surface area (Å²) in [6.45, 7) is 3.76. The van der Waals surface area contributed by atoms with Gasteiger partial charge in [-0.3, -0.25) is 9.69 Å². The minimum atomic E-state index is -0.735. The number of rotatable bonds is 5. The fraction of sp³-hybridized carbons (Fsp3) is 0.227. The first-order chi connectivity index (χ1) is 14.0. The van der Waals surface area contributed by atoms with E-state index in [-0.39, 0.29) is 23.1 Å². The molecule has 1 atom stereocenters. The number of halogens is 1. The van der Waals surface area contributed by atoms with Gasteiger partial charge in [0, 0.05) is 10.7 Å². The molecule has 1 saturated heterocycles. The number of benzene rings is 2. The molecule has 3 rings (SSSR count). The fourth-order valence-electron chi connectivity index (χ4n) is 2.97. The largest absolute Gasteiger partial charge is 0.462 e. The van der Waals surface area contributed by atoms with E-state index >= 15 is 0 Å². The number of aryl methyl sites for hydroxylation is 1. The number of ether oxygens (including phenoxy) is 1. The summed E-state index contributed by atoms with van der Waals surface area (Å²) in [5.74, 6) is -0.938. The molecule has 0 radical (unpaired) electrons. The van der Waals surface area contributed by atoms with Gasteiger partial charge in [0.05, 0.1) is 11.9 Å². The third kappa shape index (κ3) is 4.47. The van der Waals surface area contributed by atoms with E-state index < -0.39 is 11.2 Å². The lowest BCUT2D eigenvalue weighted by Crippen LogP contribution is -2.30. The van der Waals surface area contributed by atoms with Crippen LogP contribution < -0.4 is 4.90 Å². The Labute approximate surface area is 178 Å². The van der Waals surface area contributed by atoms with Crippen molar-refractivity contribution < 1.29 is 14.3 Å². The summed E-state index contributed by atoms with van der Waals surface area (Å²) >= 11 is 7.46. The third-order valence-electron chi connectivity index (χ3n) is 4.41. The predicted octanol–water partition coefficient (Wildman–Crippen LogP) is 4.64. The van der Waals surface area contributed by atoms with E-state index in [1.165, 1.54) is 16.7 Å². The van der Waals surface area contributed by atoms with Gasteiger partial charge < -0.3 is 4.74 Å². The molecule has 2 aromatic carbocycles. The molecule has 0 aromatic heterocycles. The van der Waals surface area contributed by atoms with E-state index in [9.17, 15) is 14.9 Å². The van der Waals surface area contributed by atoms with Crippen molar-refractivity contribution in [3.63, 3.8) is 0 Å². The first-order valence-electron chi connectivity index (χ1n) is 9.08. The Hall–Kier alpha value is -2.75. The molecular formula is C22H19ClN2O3S. The van der Waals surface area contributed by atoms with Crippen LogP contribution in [0, 0.1) is 18.3 Å². The molecule has 0 aliphatic carbocycles. The van der Waals surface area contributed by atoms with E-state index in [4.69, 9.17) is 16.3 Å². The zero-order valence-electron chi connectivity index (χ0n) is 16.0. The van der Waals surface area contributed by atoms with Crippen LogP contribution in [0.2, 0.25) is 5.02 Å². The normalized spacial score (nSPS) is 17.8. The number of amides is 1. The van der Waals surface area contributed by atoms with Gasteiger partial charge in [-0.2, -0.15) is 5.26 Å². The third-order valence-corrected chi connectivity index (χ3v) is 6.04. The van der Waals surface area contributed by atoms with E-state index in [2.05, 4.69) is 0 Å². The molecule has 148 valence electrons. The van der Waals surface area contributed by atoms with Crippen LogP contribution in [0.4, 0.5) is 5.69 Å². The molecule has 2 aromatic rings. The molecule has 1 aliphatic rings. The number of nitriles is 1. The summed E-state index contributed by atoms with van der Waals surface area (Å²) in [6, 6.07) is 16.6.